The molecule has 0 bridgehead atoms. The van der Waals surface area contributed by atoms with Gasteiger partial charge in [0, 0.05) is 31.4 Å². The van der Waals surface area contributed by atoms with E-state index in [0.717, 1.165) is 31.4 Å². The Morgan fingerprint density at radius 2 is 2.29 bits per heavy atom. The maximum Gasteiger partial charge on any atom is 0.274 e. The van der Waals surface area contributed by atoms with E-state index in [4.69, 9.17) is 0 Å². The van der Waals surface area contributed by atoms with Crippen molar-refractivity contribution in [2.75, 3.05) is 6.54 Å². The number of piperidine rings is 1. The number of carbonyl (C=O) groups excluding carboxylic acids is 1. The van der Waals surface area contributed by atoms with Crippen molar-refractivity contribution in [3.8, 4) is 0 Å². The molecule has 17 heavy (non-hydrogen) atoms. The molecule has 1 aliphatic heterocycles. The predicted octanol–water partition coefficient (Wildman–Crippen LogP) is 2.13. The van der Waals surface area contributed by atoms with Gasteiger partial charge in [-0.2, -0.15) is 5.10 Å². The van der Waals surface area contributed by atoms with Crippen molar-refractivity contribution < 1.29 is 4.79 Å². The molecule has 2 heterocycles. The van der Waals surface area contributed by atoms with Crippen LogP contribution in [0.4, 0.5) is 0 Å². The Bertz CT molecular complexity index is 411. The first kappa shape index (κ1) is 12.1. The van der Waals surface area contributed by atoms with Gasteiger partial charge in [0.15, 0.2) is 5.69 Å². The van der Waals surface area contributed by atoms with Crippen molar-refractivity contribution in [2.45, 2.75) is 45.6 Å². The lowest BCUT2D eigenvalue weighted by Gasteiger charge is -2.34. The Hall–Kier alpha value is -1.32. The van der Waals surface area contributed by atoms with Crippen LogP contribution in [0.15, 0.2) is 6.20 Å². The van der Waals surface area contributed by atoms with Gasteiger partial charge in [-0.1, -0.05) is 6.92 Å². The Balaban J connectivity index is 2.21. The summed E-state index contributed by atoms with van der Waals surface area (Å²) in [4.78, 5) is 14.5. The number of aryl methyl sites for hydroxylation is 2. The largest absolute Gasteiger partial charge is 0.334 e. The molecule has 4 nitrogen and oxygen atoms in total. The van der Waals surface area contributed by atoms with Crippen molar-refractivity contribution in [3.63, 3.8) is 0 Å². The normalized spacial score (nSPS) is 20.6. The number of carbonyl (C=O) groups is 1. The highest BCUT2D eigenvalue weighted by Gasteiger charge is 2.28. The van der Waals surface area contributed by atoms with Gasteiger partial charge < -0.3 is 4.90 Å². The standard InChI is InChI=1S/C13H21N3O/c1-4-11-7-5-6-8-16(11)13(17)12-10(2)9-15(3)14-12/h9,11H,4-8H2,1-3H3. The van der Waals surface area contributed by atoms with Crippen molar-refractivity contribution >= 4 is 5.91 Å². The van der Waals surface area contributed by atoms with Crippen molar-refractivity contribution in [1.82, 2.24) is 14.7 Å². The maximum absolute atomic E-state index is 12.5. The molecule has 4 heteroatoms. The number of likely N-dealkylation sites (tertiary alicyclic amines) is 1. The summed E-state index contributed by atoms with van der Waals surface area (Å²) in [5.74, 6) is 0.106. The van der Waals surface area contributed by atoms with Crippen molar-refractivity contribution in [1.29, 1.82) is 0 Å². The summed E-state index contributed by atoms with van der Waals surface area (Å²) in [6.45, 7) is 4.99. The zero-order valence-corrected chi connectivity index (χ0v) is 10.9. The predicted molar refractivity (Wildman–Crippen MR) is 66.9 cm³/mol. The van der Waals surface area contributed by atoms with Gasteiger partial charge >= 0.3 is 0 Å². The summed E-state index contributed by atoms with van der Waals surface area (Å²) in [5.41, 5.74) is 1.59. The Morgan fingerprint density at radius 1 is 1.53 bits per heavy atom. The lowest BCUT2D eigenvalue weighted by Crippen LogP contribution is -2.43. The van der Waals surface area contributed by atoms with E-state index in [1.165, 1.54) is 6.42 Å². The molecule has 1 aromatic heterocycles. The van der Waals surface area contributed by atoms with Crippen LogP contribution in [0.25, 0.3) is 0 Å². The minimum absolute atomic E-state index is 0.106. The first-order valence-corrected chi connectivity index (χ1v) is 6.44. The Kier molecular flexibility index (Phi) is 3.50. The second-order valence-corrected chi connectivity index (χ2v) is 4.89. The minimum Gasteiger partial charge on any atom is -0.334 e. The third-order valence-corrected chi connectivity index (χ3v) is 3.57. The van der Waals surface area contributed by atoms with Gasteiger partial charge in [0.1, 0.15) is 0 Å². The third-order valence-electron chi connectivity index (χ3n) is 3.57. The van der Waals surface area contributed by atoms with E-state index in [0.29, 0.717) is 11.7 Å². The number of aromatic nitrogens is 2. The summed E-state index contributed by atoms with van der Waals surface area (Å²) >= 11 is 0. The molecule has 0 spiro atoms. The number of hydrogen-bond donors (Lipinski definition) is 0. The Labute approximate surface area is 103 Å². The van der Waals surface area contributed by atoms with Gasteiger partial charge in [-0.05, 0) is 32.6 Å². The molecule has 94 valence electrons. The number of amides is 1. The van der Waals surface area contributed by atoms with Crippen LogP contribution in [-0.2, 0) is 7.05 Å². The Morgan fingerprint density at radius 3 is 2.88 bits per heavy atom. The van der Waals surface area contributed by atoms with Crippen molar-refractivity contribution in [3.05, 3.63) is 17.5 Å². The van der Waals surface area contributed by atoms with Crippen LogP contribution in [0, 0.1) is 6.92 Å². The molecule has 1 saturated heterocycles. The number of hydrogen-bond acceptors (Lipinski definition) is 2. The highest BCUT2D eigenvalue weighted by Crippen LogP contribution is 2.22. The average Bonchev–Trinajstić information content (AvgIpc) is 2.67. The molecular weight excluding hydrogens is 214 g/mol. The molecule has 0 N–H and O–H groups in total. The number of rotatable bonds is 2. The van der Waals surface area contributed by atoms with E-state index in [9.17, 15) is 4.79 Å². The van der Waals surface area contributed by atoms with E-state index in [-0.39, 0.29) is 5.91 Å². The highest BCUT2D eigenvalue weighted by atomic mass is 16.2. The van der Waals surface area contributed by atoms with E-state index in [2.05, 4.69) is 12.0 Å². The molecule has 0 aliphatic carbocycles. The monoisotopic (exact) mass is 235 g/mol. The summed E-state index contributed by atoms with van der Waals surface area (Å²) < 4.78 is 1.72. The molecule has 1 amide bonds. The van der Waals surface area contributed by atoms with Crippen LogP contribution in [0.3, 0.4) is 0 Å². The van der Waals surface area contributed by atoms with E-state index >= 15 is 0 Å². The fourth-order valence-electron chi connectivity index (χ4n) is 2.65. The van der Waals surface area contributed by atoms with Crippen LogP contribution in [-0.4, -0.2) is 33.2 Å². The maximum atomic E-state index is 12.5. The summed E-state index contributed by atoms with van der Waals surface area (Å²) in [6.07, 6.45) is 6.43. The number of nitrogens with zero attached hydrogens (tertiary/aromatic N) is 3. The molecular formula is C13H21N3O. The molecule has 1 aromatic rings. The highest BCUT2D eigenvalue weighted by molar-refractivity contribution is 5.93. The van der Waals surface area contributed by atoms with Gasteiger partial charge in [-0.25, -0.2) is 0 Å². The molecule has 1 fully saturated rings. The van der Waals surface area contributed by atoms with Crippen LogP contribution in [0.1, 0.15) is 48.7 Å². The first-order chi connectivity index (χ1) is 8.13. The molecule has 0 aromatic carbocycles. The summed E-state index contributed by atoms with van der Waals surface area (Å²) in [5, 5.41) is 4.28. The van der Waals surface area contributed by atoms with Crippen LogP contribution < -0.4 is 0 Å². The SMILES string of the molecule is CCC1CCCCN1C(=O)c1nn(C)cc1C. The average molecular weight is 235 g/mol. The molecule has 1 unspecified atom stereocenters. The van der Waals surface area contributed by atoms with Crippen LogP contribution in [0.2, 0.25) is 0 Å². The van der Waals surface area contributed by atoms with Gasteiger partial charge in [0.25, 0.3) is 5.91 Å². The van der Waals surface area contributed by atoms with Crippen LogP contribution >= 0.6 is 0 Å². The lowest BCUT2D eigenvalue weighted by atomic mass is 9.99. The van der Waals surface area contributed by atoms with E-state index in [1.807, 2.05) is 25.1 Å². The van der Waals surface area contributed by atoms with Crippen LogP contribution in [0.5, 0.6) is 0 Å². The van der Waals surface area contributed by atoms with E-state index < -0.39 is 0 Å². The smallest absolute Gasteiger partial charge is 0.274 e. The molecule has 0 saturated carbocycles. The second kappa shape index (κ2) is 4.90. The second-order valence-electron chi connectivity index (χ2n) is 4.89. The molecule has 1 atom stereocenters. The lowest BCUT2D eigenvalue weighted by molar-refractivity contribution is 0.0600. The fraction of sp³-hybridized carbons (Fsp3) is 0.692. The van der Waals surface area contributed by atoms with Gasteiger partial charge in [-0.15, -0.1) is 0 Å². The van der Waals surface area contributed by atoms with E-state index in [1.54, 1.807) is 4.68 Å². The van der Waals surface area contributed by atoms with Gasteiger partial charge in [-0.3, -0.25) is 9.48 Å². The van der Waals surface area contributed by atoms with Gasteiger partial charge in [0.2, 0.25) is 0 Å². The quantitative estimate of drug-likeness (QED) is 0.787. The zero-order valence-electron chi connectivity index (χ0n) is 10.9. The molecule has 0 radical (unpaired) electrons. The third kappa shape index (κ3) is 2.35. The molecule has 1 aliphatic rings. The van der Waals surface area contributed by atoms with Gasteiger partial charge in [0.05, 0.1) is 0 Å². The summed E-state index contributed by atoms with van der Waals surface area (Å²) in [7, 11) is 1.86. The minimum atomic E-state index is 0.106. The summed E-state index contributed by atoms with van der Waals surface area (Å²) in [6, 6.07) is 0.401. The first-order valence-electron chi connectivity index (χ1n) is 6.44. The van der Waals surface area contributed by atoms with Crippen molar-refractivity contribution in [2.24, 2.45) is 7.05 Å². The fourth-order valence-corrected chi connectivity index (χ4v) is 2.65. The zero-order chi connectivity index (χ0) is 12.4. The topological polar surface area (TPSA) is 38.1 Å². The molecule has 2 rings (SSSR count).